The number of benzene rings is 1. The molecule has 0 radical (unpaired) electrons. The first-order chi connectivity index (χ1) is 7.45. The quantitative estimate of drug-likeness (QED) is 0.787. The first-order valence-corrected chi connectivity index (χ1v) is 5.15. The van der Waals surface area contributed by atoms with Crippen LogP contribution in [-0.2, 0) is 16.0 Å². The topological polar surface area (TPSA) is 72.5 Å². The third kappa shape index (κ3) is 2.87. The Morgan fingerprint density at radius 1 is 1.62 bits per heavy atom. The minimum absolute atomic E-state index is 0.0528. The molecule has 3 N–H and O–H groups in total. The lowest BCUT2D eigenvalue weighted by Crippen LogP contribution is -2.33. The highest BCUT2D eigenvalue weighted by atomic mass is 35.5. The van der Waals surface area contributed by atoms with E-state index in [1.807, 2.05) is 0 Å². The van der Waals surface area contributed by atoms with Crippen molar-refractivity contribution >= 4 is 17.6 Å². The third-order valence-corrected chi connectivity index (χ3v) is 2.56. The molecule has 0 bridgehead atoms. The molecule has 0 heterocycles. The van der Waals surface area contributed by atoms with Crippen LogP contribution in [0.1, 0.15) is 11.1 Å². The number of aryl methyl sites for hydroxylation is 1. The maximum absolute atomic E-state index is 11.1. The van der Waals surface area contributed by atoms with Crippen molar-refractivity contribution in [2.75, 3.05) is 7.11 Å². The van der Waals surface area contributed by atoms with Crippen molar-refractivity contribution in [1.29, 1.82) is 0 Å². The first kappa shape index (κ1) is 12.8. The Bertz CT molecular complexity index is 383. The van der Waals surface area contributed by atoms with Gasteiger partial charge in [-0.3, -0.25) is 4.79 Å². The fourth-order valence-electron chi connectivity index (χ4n) is 1.41. The number of ether oxygens (including phenoxy) is 1. The molecule has 5 heteroatoms. The summed E-state index contributed by atoms with van der Waals surface area (Å²) in [4.78, 5) is 11.1. The number of carbonyl (C=O) groups is 1. The monoisotopic (exact) mass is 243 g/mol. The molecule has 1 atom stereocenters. The van der Waals surface area contributed by atoms with E-state index < -0.39 is 12.0 Å². The molecule has 1 aromatic rings. The van der Waals surface area contributed by atoms with E-state index in [4.69, 9.17) is 17.3 Å². The Kier molecular flexibility index (Phi) is 4.15. The number of esters is 1. The van der Waals surface area contributed by atoms with E-state index in [0.717, 1.165) is 5.56 Å². The highest BCUT2D eigenvalue weighted by molar-refractivity contribution is 6.32. The molecule has 0 amide bonds. The Morgan fingerprint density at radius 2 is 2.25 bits per heavy atom. The van der Waals surface area contributed by atoms with Crippen LogP contribution in [0.2, 0.25) is 5.02 Å². The molecule has 0 fully saturated rings. The summed E-state index contributed by atoms with van der Waals surface area (Å²) in [6.45, 7) is 1.73. The van der Waals surface area contributed by atoms with Gasteiger partial charge in [0, 0.05) is 0 Å². The lowest BCUT2D eigenvalue weighted by atomic mass is 10.0. The number of carbonyl (C=O) groups excluding carboxylic acids is 1. The molecule has 1 rings (SSSR count). The lowest BCUT2D eigenvalue weighted by Gasteiger charge is -2.11. The summed E-state index contributed by atoms with van der Waals surface area (Å²) in [5.41, 5.74) is 7.06. The molecular formula is C11H14ClNO3. The number of nitrogens with two attached hydrogens (primary N) is 1. The van der Waals surface area contributed by atoms with Crippen molar-refractivity contribution in [2.24, 2.45) is 5.73 Å². The maximum Gasteiger partial charge on any atom is 0.322 e. The Balaban J connectivity index is 2.86. The number of hydrogen-bond donors (Lipinski definition) is 2. The normalized spacial score (nSPS) is 12.2. The van der Waals surface area contributed by atoms with Crippen LogP contribution in [0.25, 0.3) is 0 Å². The van der Waals surface area contributed by atoms with Crippen LogP contribution in [0.15, 0.2) is 12.1 Å². The van der Waals surface area contributed by atoms with Gasteiger partial charge in [-0.25, -0.2) is 0 Å². The minimum atomic E-state index is -0.718. The van der Waals surface area contributed by atoms with Crippen LogP contribution >= 0.6 is 11.6 Å². The fourth-order valence-corrected chi connectivity index (χ4v) is 1.70. The van der Waals surface area contributed by atoms with Crippen molar-refractivity contribution in [3.63, 3.8) is 0 Å². The van der Waals surface area contributed by atoms with Gasteiger partial charge in [-0.1, -0.05) is 17.7 Å². The van der Waals surface area contributed by atoms with Crippen molar-refractivity contribution in [3.8, 4) is 5.75 Å². The molecule has 0 aromatic heterocycles. The van der Waals surface area contributed by atoms with E-state index in [-0.39, 0.29) is 10.8 Å². The third-order valence-electron chi connectivity index (χ3n) is 2.27. The standard InChI is InChI=1S/C11H14ClNO3/c1-6-3-7(4-8(12)10(6)14)5-9(13)11(15)16-2/h3-4,9,14H,5,13H2,1-2H3. The van der Waals surface area contributed by atoms with Gasteiger partial charge in [-0.05, 0) is 30.5 Å². The van der Waals surface area contributed by atoms with E-state index >= 15 is 0 Å². The zero-order valence-electron chi connectivity index (χ0n) is 9.16. The highest BCUT2D eigenvalue weighted by Gasteiger charge is 2.15. The Labute approximate surface area is 99.0 Å². The molecule has 0 aliphatic heterocycles. The summed E-state index contributed by atoms with van der Waals surface area (Å²) in [6, 6.07) is 2.61. The molecule has 0 aliphatic rings. The SMILES string of the molecule is COC(=O)C(N)Cc1cc(C)c(O)c(Cl)c1. The van der Waals surface area contributed by atoms with Crippen LogP contribution in [0, 0.1) is 6.92 Å². The summed E-state index contributed by atoms with van der Waals surface area (Å²) in [6.07, 6.45) is 0.327. The Morgan fingerprint density at radius 3 is 2.75 bits per heavy atom. The number of phenols is 1. The molecule has 0 saturated heterocycles. The van der Waals surface area contributed by atoms with Crippen LogP contribution in [0.3, 0.4) is 0 Å². The van der Waals surface area contributed by atoms with Crippen LogP contribution in [0.5, 0.6) is 5.75 Å². The number of aromatic hydroxyl groups is 1. The van der Waals surface area contributed by atoms with Crippen LogP contribution < -0.4 is 5.73 Å². The maximum atomic E-state index is 11.1. The average molecular weight is 244 g/mol. The summed E-state index contributed by atoms with van der Waals surface area (Å²) >= 11 is 5.81. The second kappa shape index (κ2) is 5.18. The second-order valence-electron chi connectivity index (χ2n) is 3.58. The van der Waals surface area contributed by atoms with Gasteiger partial charge < -0.3 is 15.6 Å². The smallest absolute Gasteiger partial charge is 0.322 e. The van der Waals surface area contributed by atoms with E-state index in [1.165, 1.54) is 7.11 Å². The zero-order chi connectivity index (χ0) is 12.3. The van der Waals surface area contributed by atoms with E-state index in [0.29, 0.717) is 12.0 Å². The predicted octanol–water partition coefficient (Wildman–Crippen LogP) is 1.40. The van der Waals surface area contributed by atoms with Gasteiger partial charge in [0.1, 0.15) is 11.8 Å². The summed E-state index contributed by atoms with van der Waals surface area (Å²) in [5.74, 6) is -0.418. The molecule has 0 saturated carbocycles. The van der Waals surface area contributed by atoms with Crippen molar-refractivity contribution < 1.29 is 14.6 Å². The average Bonchev–Trinajstić information content (AvgIpc) is 2.24. The highest BCUT2D eigenvalue weighted by Crippen LogP contribution is 2.28. The summed E-state index contributed by atoms with van der Waals surface area (Å²) in [7, 11) is 1.29. The van der Waals surface area contributed by atoms with Gasteiger partial charge in [0.15, 0.2) is 0 Å². The minimum Gasteiger partial charge on any atom is -0.506 e. The van der Waals surface area contributed by atoms with Crippen molar-refractivity contribution in [3.05, 3.63) is 28.3 Å². The fraction of sp³-hybridized carbons (Fsp3) is 0.364. The first-order valence-electron chi connectivity index (χ1n) is 4.77. The molecule has 1 aromatic carbocycles. The van der Waals surface area contributed by atoms with Gasteiger partial charge in [0.2, 0.25) is 0 Å². The van der Waals surface area contributed by atoms with E-state index in [2.05, 4.69) is 4.74 Å². The van der Waals surface area contributed by atoms with Crippen LogP contribution in [0.4, 0.5) is 0 Å². The summed E-state index contributed by atoms with van der Waals surface area (Å²) < 4.78 is 4.52. The van der Waals surface area contributed by atoms with E-state index in [1.54, 1.807) is 19.1 Å². The molecular weight excluding hydrogens is 230 g/mol. The van der Waals surface area contributed by atoms with E-state index in [9.17, 15) is 9.90 Å². The second-order valence-corrected chi connectivity index (χ2v) is 3.98. The van der Waals surface area contributed by atoms with Gasteiger partial charge in [-0.15, -0.1) is 0 Å². The molecule has 0 aliphatic carbocycles. The number of methoxy groups -OCH3 is 1. The van der Waals surface area contributed by atoms with Gasteiger partial charge in [0.25, 0.3) is 0 Å². The zero-order valence-corrected chi connectivity index (χ0v) is 9.91. The molecule has 4 nitrogen and oxygen atoms in total. The molecule has 1 unspecified atom stereocenters. The van der Waals surface area contributed by atoms with Crippen molar-refractivity contribution in [2.45, 2.75) is 19.4 Å². The number of halogens is 1. The molecule has 16 heavy (non-hydrogen) atoms. The predicted molar refractivity (Wildman–Crippen MR) is 61.5 cm³/mol. The van der Waals surface area contributed by atoms with Crippen LogP contribution in [-0.4, -0.2) is 24.2 Å². The van der Waals surface area contributed by atoms with Gasteiger partial charge in [-0.2, -0.15) is 0 Å². The lowest BCUT2D eigenvalue weighted by molar-refractivity contribution is -0.142. The van der Waals surface area contributed by atoms with Crippen molar-refractivity contribution in [1.82, 2.24) is 0 Å². The summed E-state index contributed by atoms with van der Waals surface area (Å²) in [5, 5.41) is 9.72. The number of hydrogen-bond acceptors (Lipinski definition) is 4. The largest absolute Gasteiger partial charge is 0.506 e. The molecule has 88 valence electrons. The number of rotatable bonds is 3. The van der Waals surface area contributed by atoms with Gasteiger partial charge in [0.05, 0.1) is 12.1 Å². The van der Waals surface area contributed by atoms with Gasteiger partial charge >= 0.3 is 5.97 Å². The Hall–Kier alpha value is -1.26. The molecule has 0 spiro atoms. The number of phenolic OH excluding ortho intramolecular Hbond substituents is 1.